The van der Waals surface area contributed by atoms with E-state index < -0.39 is 11.6 Å². The fourth-order valence-electron chi connectivity index (χ4n) is 2.75. The fraction of sp³-hybridized carbons (Fsp3) is 0.588. The van der Waals surface area contributed by atoms with E-state index in [0.717, 1.165) is 38.3 Å². The Bertz CT molecular complexity index is 535. The minimum absolute atomic E-state index is 0. The van der Waals surface area contributed by atoms with Crippen molar-refractivity contribution in [1.82, 2.24) is 10.6 Å². The maximum atomic E-state index is 13.6. The molecule has 1 fully saturated rings. The Hall–Kier alpha value is -0.960. The van der Waals surface area contributed by atoms with Crippen molar-refractivity contribution in [2.24, 2.45) is 4.99 Å². The van der Waals surface area contributed by atoms with Crippen molar-refractivity contribution in [3.05, 3.63) is 35.4 Å². The van der Waals surface area contributed by atoms with E-state index in [2.05, 4.69) is 15.6 Å². The van der Waals surface area contributed by atoms with E-state index in [4.69, 9.17) is 0 Å². The number of hydrogen-bond donors (Lipinski definition) is 3. The van der Waals surface area contributed by atoms with Crippen LogP contribution in [0.1, 0.15) is 38.2 Å². The van der Waals surface area contributed by atoms with E-state index in [1.165, 1.54) is 12.1 Å². The molecule has 0 aliphatic heterocycles. The fourth-order valence-corrected chi connectivity index (χ4v) is 2.75. The molecule has 0 saturated heterocycles. The Morgan fingerprint density at radius 2 is 1.96 bits per heavy atom. The summed E-state index contributed by atoms with van der Waals surface area (Å²) in [6, 6.07) is 3.93. The molecule has 7 heteroatoms. The number of nitrogens with zero attached hydrogens (tertiary/aromatic N) is 1. The van der Waals surface area contributed by atoms with Gasteiger partial charge in [-0.2, -0.15) is 0 Å². The number of halogens is 3. The van der Waals surface area contributed by atoms with Gasteiger partial charge in [0.2, 0.25) is 0 Å². The number of hydrogen-bond acceptors (Lipinski definition) is 2. The average Bonchev–Trinajstić information content (AvgIpc) is 2.52. The van der Waals surface area contributed by atoms with E-state index in [-0.39, 0.29) is 30.1 Å². The van der Waals surface area contributed by atoms with Crippen LogP contribution < -0.4 is 10.6 Å². The molecule has 1 saturated carbocycles. The van der Waals surface area contributed by atoms with Gasteiger partial charge in [-0.1, -0.05) is 6.07 Å². The summed E-state index contributed by atoms with van der Waals surface area (Å²) in [6.45, 7) is 3.15. The highest BCUT2D eigenvalue weighted by atomic mass is 127. The third-order valence-electron chi connectivity index (χ3n) is 4.05. The number of aliphatic hydroxyl groups is 1. The largest absolute Gasteiger partial charge is 0.393 e. The highest BCUT2D eigenvalue weighted by Gasteiger charge is 2.19. The normalized spacial score (nSPS) is 21.1. The molecule has 2 rings (SSSR count). The van der Waals surface area contributed by atoms with Crippen LogP contribution in [0, 0.1) is 11.6 Å². The van der Waals surface area contributed by atoms with E-state index in [0.29, 0.717) is 30.5 Å². The van der Waals surface area contributed by atoms with E-state index in [9.17, 15) is 13.9 Å². The Kier molecular flexibility index (Phi) is 9.50. The van der Waals surface area contributed by atoms with Gasteiger partial charge >= 0.3 is 0 Å². The maximum Gasteiger partial charge on any atom is 0.191 e. The number of nitrogens with one attached hydrogen (secondary N) is 2. The lowest BCUT2D eigenvalue weighted by Crippen LogP contribution is -2.45. The lowest BCUT2D eigenvalue weighted by atomic mass is 9.93. The SMILES string of the molecule is CCNC(=NCCc1ccc(F)cc1F)NC1CCC(O)CC1.I. The molecule has 24 heavy (non-hydrogen) atoms. The van der Waals surface area contributed by atoms with Crippen LogP contribution in [0.5, 0.6) is 0 Å². The molecule has 1 aliphatic rings. The standard InChI is InChI=1S/C17H25F2N3O.HI/c1-2-20-17(22-14-5-7-15(23)8-6-14)21-10-9-12-3-4-13(18)11-16(12)19;/h3-4,11,14-15,23H,2,5-10H2,1H3,(H2,20,21,22);1H. The molecular weight excluding hydrogens is 427 g/mol. The monoisotopic (exact) mass is 453 g/mol. The molecule has 0 spiro atoms. The predicted octanol–water partition coefficient (Wildman–Crippen LogP) is 2.98. The number of rotatable bonds is 5. The van der Waals surface area contributed by atoms with Crippen LogP contribution in [0.25, 0.3) is 0 Å². The molecule has 0 radical (unpaired) electrons. The van der Waals surface area contributed by atoms with Crippen molar-refractivity contribution in [3.8, 4) is 0 Å². The zero-order valence-corrected chi connectivity index (χ0v) is 16.2. The first-order valence-corrected chi connectivity index (χ1v) is 8.25. The van der Waals surface area contributed by atoms with Crippen molar-refractivity contribution in [2.45, 2.75) is 51.2 Å². The van der Waals surface area contributed by atoms with E-state index in [1.807, 2.05) is 6.92 Å². The van der Waals surface area contributed by atoms with Crippen LogP contribution in [0.4, 0.5) is 8.78 Å². The number of benzene rings is 1. The minimum Gasteiger partial charge on any atom is -0.393 e. The first kappa shape index (κ1) is 21.1. The van der Waals surface area contributed by atoms with Crippen molar-refractivity contribution in [1.29, 1.82) is 0 Å². The van der Waals surface area contributed by atoms with Gasteiger partial charge in [0, 0.05) is 25.2 Å². The summed E-state index contributed by atoms with van der Waals surface area (Å²) in [5.41, 5.74) is 0.465. The van der Waals surface area contributed by atoms with Crippen LogP contribution in [0.3, 0.4) is 0 Å². The molecule has 1 aliphatic carbocycles. The highest BCUT2D eigenvalue weighted by molar-refractivity contribution is 14.0. The van der Waals surface area contributed by atoms with Crippen molar-refractivity contribution in [3.63, 3.8) is 0 Å². The molecule has 1 aromatic rings. The second-order valence-electron chi connectivity index (χ2n) is 5.90. The van der Waals surface area contributed by atoms with Gasteiger partial charge in [-0.05, 0) is 50.7 Å². The lowest BCUT2D eigenvalue weighted by molar-refractivity contribution is 0.120. The molecule has 0 atom stereocenters. The maximum absolute atomic E-state index is 13.6. The highest BCUT2D eigenvalue weighted by Crippen LogP contribution is 2.18. The number of guanidine groups is 1. The third-order valence-corrected chi connectivity index (χ3v) is 4.05. The van der Waals surface area contributed by atoms with E-state index >= 15 is 0 Å². The zero-order valence-electron chi connectivity index (χ0n) is 13.9. The first-order chi connectivity index (χ1) is 11.1. The Morgan fingerprint density at radius 3 is 2.58 bits per heavy atom. The molecule has 0 aromatic heterocycles. The summed E-state index contributed by atoms with van der Waals surface area (Å²) in [5, 5.41) is 16.1. The topological polar surface area (TPSA) is 56.7 Å². The number of aliphatic hydroxyl groups excluding tert-OH is 1. The van der Waals surface area contributed by atoms with Crippen molar-refractivity contribution in [2.75, 3.05) is 13.1 Å². The van der Waals surface area contributed by atoms with Crippen LogP contribution in [-0.4, -0.2) is 36.3 Å². The smallest absolute Gasteiger partial charge is 0.191 e. The molecule has 0 amide bonds. The molecule has 1 aromatic carbocycles. The van der Waals surface area contributed by atoms with Gasteiger partial charge in [-0.15, -0.1) is 24.0 Å². The van der Waals surface area contributed by atoms with Crippen LogP contribution in [0.15, 0.2) is 23.2 Å². The lowest BCUT2D eigenvalue weighted by Gasteiger charge is -2.27. The second kappa shape index (κ2) is 10.8. The van der Waals surface area contributed by atoms with E-state index in [1.54, 1.807) is 0 Å². The van der Waals surface area contributed by atoms with Gasteiger partial charge in [-0.3, -0.25) is 4.99 Å². The third kappa shape index (κ3) is 6.88. The summed E-state index contributed by atoms with van der Waals surface area (Å²) < 4.78 is 26.5. The van der Waals surface area contributed by atoms with Crippen LogP contribution in [0.2, 0.25) is 0 Å². The first-order valence-electron chi connectivity index (χ1n) is 8.25. The predicted molar refractivity (Wildman–Crippen MR) is 103 cm³/mol. The van der Waals surface area contributed by atoms with Gasteiger partial charge in [0.05, 0.1) is 6.10 Å². The molecule has 136 valence electrons. The number of aliphatic imine (C=N–C) groups is 1. The van der Waals surface area contributed by atoms with Gasteiger partial charge < -0.3 is 15.7 Å². The van der Waals surface area contributed by atoms with Gasteiger partial charge in [0.25, 0.3) is 0 Å². The average molecular weight is 453 g/mol. The van der Waals surface area contributed by atoms with Crippen LogP contribution >= 0.6 is 24.0 Å². The summed E-state index contributed by atoms with van der Waals surface area (Å²) in [5.74, 6) is -0.389. The quantitative estimate of drug-likeness (QED) is 0.365. The van der Waals surface area contributed by atoms with Gasteiger partial charge in [-0.25, -0.2) is 8.78 Å². The second-order valence-corrected chi connectivity index (χ2v) is 5.90. The molecule has 4 nitrogen and oxygen atoms in total. The zero-order chi connectivity index (χ0) is 16.7. The molecule has 3 N–H and O–H groups in total. The minimum atomic E-state index is -0.566. The molecule has 0 heterocycles. The Balaban J connectivity index is 0.00000288. The van der Waals surface area contributed by atoms with Gasteiger partial charge in [0.15, 0.2) is 5.96 Å². The summed E-state index contributed by atoms with van der Waals surface area (Å²) in [4.78, 5) is 4.46. The van der Waals surface area contributed by atoms with Crippen molar-refractivity contribution >= 4 is 29.9 Å². The Labute approximate surface area is 159 Å². The summed E-state index contributed by atoms with van der Waals surface area (Å²) in [6.07, 6.45) is 3.67. The molecule has 0 bridgehead atoms. The van der Waals surface area contributed by atoms with Gasteiger partial charge in [0.1, 0.15) is 11.6 Å². The summed E-state index contributed by atoms with van der Waals surface area (Å²) >= 11 is 0. The van der Waals surface area contributed by atoms with Crippen molar-refractivity contribution < 1.29 is 13.9 Å². The van der Waals surface area contributed by atoms with Crippen LogP contribution in [-0.2, 0) is 6.42 Å². The summed E-state index contributed by atoms with van der Waals surface area (Å²) in [7, 11) is 0. The molecular formula is C17H26F2IN3O. The molecule has 0 unspecified atom stereocenters. The Morgan fingerprint density at radius 1 is 1.25 bits per heavy atom.